The van der Waals surface area contributed by atoms with Crippen molar-refractivity contribution in [2.75, 3.05) is 21.5 Å². The number of hydrogen-bond acceptors (Lipinski definition) is 7. The van der Waals surface area contributed by atoms with Gasteiger partial charge in [0.2, 0.25) is 16.0 Å². The lowest BCUT2D eigenvalue weighted by Crippen LogP contribution is -2.44. The topological polar surface area (TPSA) is 87.2 Å². The Hall–Kier alpha value is -2.53. The van der Waals surface area contributed by atoms with Crippen LogP contribution in [-0.2, 0) is 16.4 Å². The minimum Gasteiger partial charge on any atom is -0.351 e. The lowest BCUT2D eigenvalue weighted by molar-refractivity contribution is -0.0794. The van der Waals surface area contributed by atoms with Gasteiger partial charge in [-0.25, -0.2) is 22.2 Å². The third-order valence-electron chi connectivity index (χ3n) is 6.01. The van der Waals surface area contributed by atoms with Crippen LogP contribution >= 0.6 is 11.3 Å². The molecule has 5 rings (SSSR count). The van der Waals surface area contributed by atoms with E-state index in [1.807, 2.05) is 29.6 Å². The van der Waals surface area contributed by atoms with Crippen molar-refractivity contribution in [3.63, 3.8) is 0 Å². The van der Waals surface area contributed by atoms with E-state index in [9.17, 15) is 17.2 Å². The van der Waals surface area contributed by atoms with E-state index in [2.05, 4.69) is 20.6 Å². The van der Waals surface area contributed by atoms with Crippen LogP contribution in [0.2, 0.25) is 0 Å². The molecule has 1 aliphatic carbocycles. The molecule has 33 heavy (non-hydrogen) atoms. The summed E-state index contributed by atoms with van der Waals surface area (Å²) in [5.41, 5.74) is 2.34. The molecular weight excluding hydrogens is 468 g/mol. The van der Waals surface area contributed by atoms with Crippen molar-refractivity contribution in [2.45, 2.75) is 56.7 Å². The second-order valence-electron chi connectivity index (χ2n) is 9.55. The Kier molecular flexibility index (Phi) is 5.06. The number of anilines is 4. The summed E-state index contributed by atoms with van der Waals surface area (Å²) in [4.78, 5) is 9.73. The van der Waals surface area contributed by atoms with Crippen molar-refractivity contribution in [1.82, 2.24) is 9.97 Å². The van der Waals surface area contributed by atoms with E-state index in [1.54, 1.807) is 20.8 Å². The van der Waals surface area contributed by atoms with Gasteiger partial charge in [-0.05, 0) is 56.3 Å². The maximum atomic E-state index is 13.2. The summed E-state index contributed by atoms with van der Waals surface area (Å²) < 4.78 is 53.2. The molecule has 11 heteroatoms. The molecule has 176 valence electrons. The molecule has 0 bridgehead atoms. The first-order valence-corrected chi connectivity index (χ1v) is 13.1. The zero-order chi connectivity index (χ0) is 23.6. The summed E-state index contributed by atoms with van der Waals surface area (Å²) in [6.07, 6.45) is 0.197. The number of thiophene rings is 1. The van der Waals surface area contributed by atoms with Crippen LogP contribution in [0.4, 0.5) is 31.9 Å². The van der Waals surface area contributed by atoms with Gasteiger partial charge in [0.25, 0.3) is 5.92 Å². The second-order valence-corrected chi connectivity index (χ2v) is 13.1. The molecule has 2 N–H and O–H groups in total. The SMILES string of the molecule is CC(C)(C)S(=O)(=O)N1CCc2ccc(Nc3nc(NC4CC(F)(F)C4)nc4sccc34)cc21. The highest BCUT2D eigenvalue weighted by atomic mass is 32.2. The number of nitrogens with zero attached hydrogens (tertiary/aromatic N) is 3. The van der Waals surface area contributed by atoms with Crippen LogP contribution in [0.3, 0.4) is 0 Å². The van der Waals surface area contributed by atoms with Gasteiger partial charge >= 0.3 is 0 Å². The van der Waals surface area contributed by atoms with Gasteiger partial charge in [-0.1, -0.05) is 6.07 Å². The summed E-state index contributed by atoms with van der Waals surface area (Å²) in [7, 11) is -3.52. The number of halogens is 2. The molecule has 1 aromatic carbocycles. The predicted molar refractivity (Wildman–Crippen MR) is 128 cm³/mol. The quantitative estimate of drug-likeness (QED) is 0.512. The van der Waals surface area contributed by atoms with Gasteiger partial charge in [0.05, 0.1) is 15.8 Å². The fourth-order valence-corrected chi connectivity index (χ4v) is 6.29. The van der Waals surface area contributed by atoms with Gasteiger partial charge in [-0.3, -0.25) is 4.31 Å². The summed E-state index contributed by atoms with van der Waals surface area (Å²) in [5, 5.41) is 8.99. The van der Waals surface area contributed by atoms with Gasteiger partial charge in [-0.15, -0.1) is 11.3 Å². The van der Waals surface area contributed by atoms with Crippen LogP contribution in [0.15, 0.2) is 29.6 Å². The maximum absolute atomic E-state index is 13.2. The van der Waals surface area contributed by atoms with E-state index < -0.39 is 20.7 Å². The van der Waals surface area contributed by atoms with E-state index >= 15 is 0 Å². The van der Waals surface area contributed by atoms with E-state index in [1.165, 1.54) is 15.6 Å². The Morgan fingerprint density at radius 1 is 1.18 bits per heavy atom. The molecule has 0 radical (unpaired) electrons. The summed E-state index contributed by atoms with van der Waals surface area (Å²) in [6.45, 7) is 5.51. The average molecular weight is 494 g/mol. The first kappa shape index (κ1) is 22.3. The molecule has 0 spiro atoms. The zero-order valence-electron chi connectivity index (χ0n) is 18.5. The minimum atomic E-state index is -3.52. The predicted octanol–water partition coefficient (Wildman–Crippen LogP) is 5.14. The molecule has 1 fully saturated rings. The Morgan fingerprint density at radius 3 is 2.64 bits per heavy atom. The number of hydrogen-bond donors (Lipinski definition) is 2. The number of benzene rings is 1. The van der Waals surface area contributed by atoms with Crippen LogP contribution in [0.5, 0.6) is 0 Å². The highest BCUT2D eigenvalue weighted by Crippen LogP contribution is 2.40. The third-order valence-corrected chi connectivity index (χ3v) is 9.33. The fourth-order valence-electron chi connectivity index (χ4n) is 4.11. The van der Waals surface area contributed by atoms with Crippen molar-refractivity contribution in [3.05, 3.63) is 35.2 Å². The standard InChI is InChI=1S/C22H25F2N5O2S2/c1-21(2,3)33(30,31)29-8-6-13-4-5-14(10-17(13)29)25-18-16-7-9-32-19(16)28-20(27-18)26-15-11-22(23,24)12-15/h4-5,7,9-10,15H,6,8,11-12H2,1-3H3,(H2,25,26,27,28). The van der Waals surface area contributed by atoms with E-state index in [0.29, 0.717) is 36.1 Å². The molecule has 1 aliphatic heterocycles. The van der Waals surface area contributed by atoms with E-state index in [0.717, 1.165) is 15.8 Å². The third kappa shape index (κ3) is 4.01. The second kappa shape index (κ2) is 7.49. The Labute approximate surface area is 195 Å². The molecule has 0 saturated heterocycles. The van der Waals surface area contributed by atoms with Crippen LogP contribution < -0.4 is 14.9 Å². The Morgan fingerprint density at radius 2 is 1.94 bits per heavy atom. The molecular formula is C22H25F2N5O2S2. The molecule has 2 aromatic heterocycles. The molecule has 2 aliphatic rings. The molecule has 0 unspecified atom stereocenters. The first-order valence-electron chi connectivity index (χ1n) is 10.7. The van der Waals surface area contributed by atoms with Crippen LogP contribution in [0.25, 0.3) is 10.2 Å². The van der Waals surface area contributed by atoms with Crippen LogP contribution in [0.1, 0.15) is 39.2 Å². The molecule has 3 aromatic rings. The van der Waals surface area contributed by atoms with Crippen LogP contribution in [0, 0.1) is 0 Å². The number of fused-ring (bicyclic) bond motifs is 2. The van der Waals surface area contributed by atoms with Crippen molar-refractivity contribution < 1.29 is 17.2 Å². The van der Waals surface area contributed by atoms with Crippen molar-refractivity contribution >= 4 is 54.7 Å². The van der Waals surface area contributed by atoms with Gasteiger partial charge in [0.15, 0.2) is 0 Å². The molecule has 0 atom stereocenters. The summed E-state index contributed by atoms with van der Waals surface area (Å²) in [5.74, 6) is -1.79. The average Bonchev–Trinajstić information content (AvgIpc) is 3.32. The lowest BCUT2D eigenvalue weighted by Gasteiger charge is -2.35. The largest absolute Gasteiger partial charge is 0.351 e. The van der Waals surface area contributed by atoms with Gasteiger partial charge in [0, 0.05) is 31.1 Å². The molecule has 0 amide bonds. The Bertz CT molecular complexity index is 1330. The lowest BCUT2D eigenvalue weighted by atomic mass is 9.88. The number of alkyl halides is 2. The van der Waals surface area contributed by atoms with Crippen molar-refractivity contribution in [2.24, 2.45) is 0 Å². The fraction of sp³-hybridized carbons (Fsp3) is 0.455. The molecule has 7 nitrogen and oxygen atoms in total. The zero-order valence-corrected chi connectivity index (χ0v) is 20.2. The van der Waals surface area contributed by atoms with Gasteiger partial charge in [0.1, 0.15) is 10.6 Å². The van der Waals surface area contributed by atoms with Crippen molar-refractivity contribution in [1.29, 1.82) is 0 Å². The number of rotatable bonds is 5. The normalized spacial score (nSPS) is 18.3. The maximum Gasteiger partial charge on any atom is 0.252 e. The van der Waals surface area contributed by atoms with E-state index in [4.69, 9.17) is 0 Å². The highest BCUT2D eigenvalue weighted by Gasteiger charge is 2.45. The number of sulfonamides is 1. The van der Waals surface area contributed by atoms with E-state index in [-0.39, 0.29) is 18.9 Å². The van der Waals surface area contributed by atoms with Gasteiger partial charge < -0.3 is 10.6 Å². The molecule has 3 heterocycles. The molecule has 1 saturated carbocycles. The van der Waals surface area contributed by atoms with Crippen LogP contribution in [-0.4, -0.2) is 41.6 Å². The minimum absolute atomic E-state index is 0.232. The summed E-state index contributed by atoms with van der Waals surface area (Å²) >= 11 is 1.44. The number of nitrogens with one attached hydrogen (secondary N) is 2. The van der Waals surface area contributed by atoms with Gasteiger partial charge in [-0.2, -0.15) is 4.98 Å². The summed E-state index contributed by atoms with van der Waals surface area (Å²) in [6, 6.07) is 7.18. The Balaban J connectivity index is 1.45. The first-order chi connectivity index (χ1) is 15.4. The van der Waals surface area contributed by atoms with Crippen molar-refractivity contribution in [3.8, 4) is 0 Å². The monoisotopic (exact) mass is 493 g/mol. The highest BCUT2D eigenvalue weighted by molar-refractivity contribution is 7.94. The number of aromatic nitrogens is 2. The smallest absolute Gasteiger partial charge is 0.252 e.